The average molecular weight is 555 g/mol. The molecule has 0 aliphatic carbocycles. The number of rotatable bonds is 13. The van der Waals surface area contributed by atoms with Gasteiger partial charge in [-0.3, -0.25) is 9.59 Å². The molecule has 0 bridgehead atoms. The van der Waals surface area contributed by atoms with Crippen molar-refractivity contribution < 1.29 is 14.3 Å². The fraction of sp³-hybridized carbons (Fsp3) is 0.379. The summed E-state index contributed by atoms with van der Waals surface area (Å²) in [4.78, 5) is 29.9. The van der Waals surface area contributed by atoms with E-state index in [0.717, 1.165) is 29.6 Å². The zero-order valence-corrected chi connectivity index (χ0v) is 23.0. The van der Waals surface area contributed by atoms with Crippen molar-refractivity contribution in [1.29, 1.82) is 0 Å². The Labute approximate surface area is 223 Å². The van der Waals surface area contributed by atoms with Gasteiger partial charge in [0.15, 0.2) is 6.61 Å². The normalized spacial score (nSPS) is 10.9. The second-order valence-electron chi connectivity index (χ2n) is 9.14. The van der Waals surface area contributed by atoms with Gasteiger partial charge < -0.3 is 19.1 Å². The zero-order valence-electron chi connectivity index (χ0n) is 21.4. The minimum absolute atomic E-state index is 0.0335. The summed E-state index contributed by atoms with van der Waals surface area (Å²) < 4.78 is 8.87. The van der Waals surface area contributed by atoms with E-state index in [1.54, 1.807) is 4.90 Å². The van der Waals surface area contributed by atoms with Gasteiger partial charge in [0.2, 0.25) is 5.91 Å². The van der Waals surface area contributed by atoms with Gasteiger partial charge in [-0.1, -0.05) is 59.6 Å². The van der Waals surface area contributed by atoms with Crippen LogP contribution in [0.1, 0.15) is 44.9 Å². The van der Waals surface area contributed by atoms with Gasteiger partial charge in [-0.2, -0.15) is 0 Å². The average Bonchev–Trinajstić information content (AvgIpc) is 3.31. The van der Waals surface area contributed by atoms with Gasteiger partial charge in [0.25, 0.3) is 5.91 Å². The summed E-state index contributed by atoms with van der Waals surface area (Å²) in [7, 11) is 0. The first-order valence-corrected chi connectivity index (χ1v) is 13.3. The molecule has 1 aromatic heterocycles. The van der Waals surface area contributed by atoms with Gasteiger partial charge in [0, 0.05) is 35.5 Å². The lowest BCUT2D eigenvalue weighted by Crippen LogP contribution is -2.47. The molecule has 3 rings (SSSR count). The first kappa shape index (κ1) is 27.5. The quantitative estimate of drug-likeness (QED) is 0.271. The van der Waals surface area contributed by atoms with Gasteiger partial charge >= 0.3 is 0 Å². The summed E-state index contributed by atoms with van der Waals surface area (Å²) in [5, 5.41) is 0. The molecule has 0 spiro atoms. The molecule has 1 heterocycles. The van der Waals surface area contributed by atoms with Crippen molar-refractivity contribution in [3.63, 3.8) is 0 Å². The molecule has 0 aliphatic heterocycles. The minimum atomic E-state index is -0.198. The van der Waals surface area contributed by atoms with Crippen LogP contribution in [-0.4, -0.2) is 51.9 Å². The Morgan fingerprint density at radius 1 is 0.972 bits per heavy atom. The number of hydrogen-bond donors (Lipinski definition) is 0. The number of halogens is 1. The lowest BCUT2D eigenvalue weighted by molar-refractivity contribution is -0.143. The van der Waals surface area contributed by atoms with Gasteiger partial charge in [0.1, 0.15) is 12.3 Å². The van der Waals surface area contributed by atoms with Crippen LogP contribution in [-0.2, 0) is 22.7 Å². The summed E-state index contributed by atoms with van der Waals surface area (Å²) in [5.41, 5.74) is 2.26. The molecule has 0 saturated heterocycles. The molecular formula is C29H36BrN3O3. The number of hydrogen-bond acceptors (Lipinski definition) is 3. The molecule has 0 atom stereocenters. The predicted molar refractivity (Wildman–Crippen MR) is 147 cm³/mol. The number of amides is 2. The van der Waals surface area contributed by atoms with Crippen molar-refractivity contribution in [2.45, 2.75) is 52.7 Å². The first-order chi connectivity index (χ1) is 17.4. The third-order valence-electron chi connectivity index (χ3n) is 6.03. The second-order valence-corrected chi connectivity index (χ2v) is 10.1. The third kappa shape index (κ3) is 8.26. The summed E-state index contributed by atoms with van der Waals surface area (Å²) in [6.45, 7) is 7.79. The lowest BCUT2D eigenvalue weighted by atomic mass is 10.2. The summed E-state index contributed by atoms with van der Waals surface area (Å²) in [6.07, 6.45) is 3.94. The van der Waals surface area contributed by atoms with E-state index in [1.807, 2.05) is 73.5 Å². The maximum atomic E-state index is 13.5. The monoisotopic (exact) mass is 553 g/mol. The number of carbonyl (C=O) groups excluding carboxylic acids is 2. The van der Waals surface area contributed by atoms with Crippen LogP contribution in [0.4, 0.5) is 0 Å². The fourth-order valence-electron chi connectivity index (χ4n) is 3.92. The van der Waals surface area contributed by atoms with Crippen molar-refractivity contribution in [3.05, 3.63) is 88.7 Å². The number of aromatic nitrogens is 1. The van der Waals surface area contributed by atoms with Crippen LogP contribution in [0.5, 0.6) is 5.75 Å². The van der Waals surface area contributed by atoms with Gasteiger partial charge in [-0.25, -0.2) is 0 Å². The Morgan fingerprint density at radius 3 is 2.36 bits per heavy atom. The molecule has 192 valence electrons. The standard InChI is InChI=1S/C29H36BrN3O3/c1-4-5-17-32(20-26-10-9-18-31(26)19-24-13-15-25(30)16-14-24)28(34)21-33(23(2)3)29(35)22-36-27-11-7-6-8-12-27/h6-16,18,23H,4-5,17,19-22H2,1-3H3. The first-order valence-electron chi connectivity index (χ1n) is 12.5. The van der Waals surface area contributed by atoms with E-state index in [9.17, 15) is 9.59 Å². The molecule has 36 heavy (non-hydrogen) atoms. The van der Waals surface area contributed by atoms with Crippen LogP contribution >= 0.6 is 15.9 Å². The molecule has 0 N–H and O–H groups in total. The fourth-order valence-corrected chi connectivity index (χ4v) is 4.18. The number of unbranched alkanes of at least 4 members (excludes halogenated alkanes) is 1. The predicted octanol–water partition coefficient (Wildman–Crippen LogP) is 5.74. The van der Waals surface area contributed by atoms with Crippen molar-refractivity contribution in [2.75, 3.05) is 19.7 Å². The number of ether oxygens (including phenoxy) is 1. The van der Waals surface area contributed by atoms with Gasteiger partial charge in [-0.15, -0.1) is 0 Å². The van der Waals surface area contributed by atoms with Crippen LogP contribution in [0.2, 0.25) is 0 Å². The minimum Gasteiger partial charge on any atom is -0.484 e. The highest BCUT2D eigenvalue weighted by atomic mass is 79.9. The molecule has 0 radical (unpaired) electrons. The summed E-state index contributed by atoms with van der Waals surface area (Å²) >= 11 is 3.49. The largest absolute Gasteiger partial charge is 0.484 e. The van der Waals surface area contributed by atoms with E-state index in [-0.39, 0.29) is 31.0 Å². The highest BCUT2D eigenvalue weighted by Gasteiger charge is 2.24. The lowest BCUT2D eigenvalue weighted by Gasteiger charge is -2.30. The number of nitrogens with zero attached hydrogens (tertiary/aromatic N) is 3. The molecule has 6 nitrogen and oxygen atoms in total. The summed E-state index contributed by atoms with van der Waals surface area (Å²) in [5.74, 6) is 0.384. The van der Waals surface area contributed by atoms with Crippen LogP contribution in [0.3, 0.4) is 0 Å². The van der Waals surface area contributed by atoms with Crippen LogP contribution in [0.15, 0.2) is 77.4 Å². The van der Waals surface area contributed by atoms with Gasteiger partial charge in [-0.05, 0) is 62.2 Å². The van der Waals surface area contributed by atoms with E-state index in [1.165, 1.54) is 5.56 Å². The van der Waals surface area contributed by atoms with Crippen LogP contribution in [0.25, 0.3) is 0 Å². The van der Waals surface area contributed by atoms with Crippen molar-refractivity contribution >= 4 is 27.7 Å². The molecule has 0 aliphatic rings. The Hall–Kier alpha value is -3.06. The third-order valence-corrected chi connectivity index (χ3v) is 6.56. The molecular weight excluding hydrogens is 518 g/mol. The second kappa shape index (κ2) is 13.9. The van der Waals surface area contributed by atoms with E-state index in [4.69, 9.17) is 4.74 Å². The number of para-hydroxylation sites is 1. The Bertz CT molecular complexity index is 1100. The van der Waals surface area contributed by atoms with Crippen molar-refractivity contribution in [3.8, 4) is 5.75 Å². The van der Waals surface area contributed by atoms with Crippen LogP contribution in [0, 0.1) is 0 Å². The maximum absolute atomic E-state index is 13.5. The molecule has 2 amide bonds. The number of carbonyl (C=O) groups is 2. The molecule has 3 aromatic rings. The van der Waals surface area contributed by atoms with Gasteiger partial charge in [0.05, 0.1) is 6.54 Å². The Kier molecular flexibility index (Phi) is 10.6. The number of benzene rings is 2. The van der Waals surface area contributed by atoms with Crippen molar-refractivity contribution in [2.24, 2.45) is 0 Å². The highest BCUT2D eigenvalue weighted by Crippen LogP contribution is 2.15. The SMILES string of the molecule is CCCCN(Cc1cccn1Cc1ccc(Br)cc1)C(=O)CN(C(=O)COc1ccccc1)C(C)C. The zero-order chi connectivity index (χ0) is 25.9. The molecule has 2 aromatic carbocycles. The molecule has 0 fully saturated rings. The van der Waals surface area contributed by atoms with Crippen LogP contribution < -0.4 is 4.74 Å². The maximum Gasteiger partial charge on any atom is 0.261 e. The molecule has 0 unspecified atom stereocenters. The van der Waals surface area contributed by atoms with E-state index in [2.05, 4.69) is 45.6 Å². The molecule has 7 heteroatoms. The van der Waals surface area contributed by atoms with E-state index in [0.29, 0.717) is 18.8 Å². The summed E-state index contributed by atoms with van der Waals surface area (Å²) in [6, 6.07) is 21.5. The van der Waals surface area contributed by atoms with E-state index >= 15 is 0 Å². The highest BCUT2D eigenvalue weighted by molar-refractivity contribution is 9.10. The van der Waals surface area contributed by atoms with Crippen molar-refractivity contribution in [1.82, 2.24) is 14.4 Å². The molecule has 0 saturated carbocycles. The van der Waals surface area contributed by atoms with E-state index < -0.39 is 0 Å². The topological polar surface area (TPSA) is 54.8 Å². The Balaban J connectivity index is 1.67. The Morgan fingerprint density at radius 2 is 1.69 bits per heavy atom. The smallest absolute Gasteiger partial charge is 0.261 e.